The van der Waals surface area contributed by atoms with E-state index in [1.54, 1.807) is 0 Å². The van der Waals surface area contributed by atoms with Crippen LogP contribution in [-0.2, 0) is 4.79 Å². The molecule has 1 rings (SSSR count). The van der Waals surface area contributed by atoms with E-state index in [0.717, 1.165) is 0 Å². The van der Waals surface area contributed by atoms with Gasteiger partial charge in [0.05, 0.1) is 8.22 Å². The first-order valence-corrected chi connectivity index (χ1v) is 2.76. The van der Waals surface area contributed by atoms with E-state index in [0.29, 0.717) is 6.08 Å². The van der Waals surface area contributed by atoms with Gasteiger partial charge in [-0.1, -0.05) is 30.2 Å². The van der Waals surface area contributed by atoms with Crippen molar-refractivity contribution in [3.05, 3.63) is 41.9 Å². The molecular formula is C9H8O2. The molecule has 0 saturated carbocycles. The van der Waals surface area contributed by atoms with Crippen LogP contribution in [0.25, 0.3) is 6.05 Å². The van der Waals surface area contributed by atoms with Gasteiger partial charge in [0.15, 0.2) is 0 Å². The van der Waals surface area contributed by atoms with E-state index in [2.05, 4.69) is 0 Å². The fourth-order valence-electron chi connectivity index (χ4n) is 0.456. The number of aliphatic carboxylic acids is 1. The molecule has 56 valence electrons. The molecule has 0 aromatic heterocycles. The minimum atomic E-state index is -1.41. The number of hydrogen-bond acceptors (Lipinski definition) is 1. The van der Waals surface area contributed by atoms with Crippen LogP contribution in [0.3, 0.4) is 0 Å². The fourth-order valence-corrected chi connectivity index (χ4v) is 0.456. The Hall–Kier alpha value is -1.57. The van der Waals surface area contributed by atoms with Gasteiger partial charge in [-0.25, -0.2) is 4.79 Å². The van der Waals surface area contributed by atoms with E-state index >= 15 is 0 Å². The van der Waals surface area contributed by atoms with Crippen LogP contribution in [0.2, 0.25) is 0 Å². The standard InChI is InChI=1S/C9H8O2/c10-9(11)7-6-8-4-2-1-3-5-8/h1-7H,(H,10,11)/i1D,2D,3D,4D,5D,6D. The third kappa shape index (κ3) is 2.67. The molecular weight excluding hydrogens is 140 g/mol. The number of carboxylic acid groups (broad SMARTS) is 1. The van der Waals surface area contributed by atoms with Crippen molar-refractivity contribution in [2.75, 3.05) is 0 Å². The molecule has 0 aliphatic rings. The number of benzene rings is 1. The van der Waals surface area contributed by atoms with Crippen molar-refractivity contribution in [3.8, 4) is 0 Å². The molecule has 11 heavy (non-hydrogen) atoms. The molecule has 0 aliphatic heterocycles. The molecule has 2 heteroatoms. The average molecular weight is 154 g/mol. The summed E-state index contributed by atoms with van der Waals surface area (Å²) < 4.78 is 44.4. The first-order chi connectivity index (χ1) is 7.77. The van der Waals surface area contributed by atoms with E-state index in [-0.39, 0.29) is 0 Å². The van der Waals surface area contributed by atoms with Crippen LogP contribution >= 0.6 is 0 Å². The Morgan fingerprint density at radius 2 is 2.18 bits per heavy atom. The summed E-state index contributed by atoms with van der Waals surface area (Å²) in [5, 5.41) is 8.47. The molecule has 0 atom stereocenters. The number of hydrogen-bond donors (Lipinski definition) is 1. The molecule has 1 aromatic carbocycles. The Labute approximate surface area is 73.2 Å². The van der Waals surface area contributed by atoms with E-state index in [1.165, 1.54) is 0 Å². The number of rotatable bonds is 2. The Morgan fingerprint density at radius 1 is 1.55 bits per heavy atom. The van der Waals surface area contributed by atoms with Gasteiger partial charge in [-0.15, -0.1) is 0 Å². The maximum Gasteiger partial charge on any atom is 0.328 e. The van der Waals surface area contributed by atoms with Gasteiger partial charge >= 0.3 is 5.97 Å². The van der Waals surface area contributed by atoms with E-state index in [9.17, 15) is 4.79 Å². The molecule has 2 nitrogen and oxygen atoms in total. The van der Waals surface area contributed by atoms with Crippen molar-refractivity contribution in [3.63, 3.8) is 0 Å². The summed E-state index contributed by atoms with van der Waals surface area (Å²) in [6.07, 6.45) is 0.480. The monoisotopic (exact) mass is 154 g/mol. The molecule has 0 fully saturated rings. The highest BCUT2D eigenvalue weighted by Gasteiger charge is 1.85. The Kier molecular flexibility index (Phi) is 0.911. The molecule has 1 aromatic rings. The second-order valence-electron chi connectivity index (χ2n) is 1.63. The minimum Gasteiger partial charge on any atom is -0.478 e. The van der Waals surface area contributed by atoms with Gasteiger partial charge in [0.1, 0.15) is 0 Å². The largest absolute Gasteiger partial charge is 0.478 e. The van der Waals surface area contributed by atoms with Gasteiger partial charge < -0.3 is 5.11 Å². The normalized spacial score (nSPS) is 18.7. The van der Waals surface area contributed by atoms with E-state index in [1.807, 2.05) is 0 Å². The lowest BCUT2D eigenvalue weighted by atomic mass is 10.2. The average Bonchev–Trinajstić information content (AvgIpc) is 2.23. The second kappa shape index (κ2) is 3.56. The van der Waals surface area contributed by atoms with Crippen LogP contribution in [0.15, 0.2) is 36.3 Å². The van der Waals surface area contributed by atoms with Gasteiger partial charge in [-0.2, -0.15) is 0 Å². The third-order valence-electron chi connectivity index (χ3n) is 0.840. The quantitative estimate of drug-likeness (QED) is 0.659. The predicted octanol–water partition coefficient (Wildman–Crippen LogP) is 1.78. The Morgan fingerprint density at radius 3 is 2.73 bits per heavy atom. The van der Waals surface area contributed by atoms with Crippen molar-refractivity contribution < 1.29 is 18.1 Å². The first-order valence-electron chi connectivity index (χ1n) is 5.76. The maximum atomic E-state index is 10.4. The van der Waals surface area contributed by atoms with E-state index in [4.69, 9.17) is 13.3 Å². The molecule has 0 saturated heterocycles. The summed E-state index contributed by atoms with van der Waals surface area (Å²) in [6.45, 7) is 0. The minimum absolute atomic E-state index is 0.418. The predicted molar refractivity (Wildman–Crippen MR) is 43.1 cm³/mol. The van der Waals surface area contributed by atoms with Crippen molar-refractivity contribution in [1.82, 2.24) is 0 Å². The summed E-state index contributed by atoms with van der Waals surface area (Å²) in [5.41, 5.74) is -0.418. The number of carbonyl (C=O) groups is 1. The lowest BCUT2D eigenvalue weighted by molar-refractivity contribution is -0.131. The highest BCUT2D eigenvalue weighted by Crippen LogP contribution is 1.99. The van der Waals surface area contributed by atoms with Crippen molar-refractivity contribution in [1.29, 1.82) is 0 Å². The lowest BCUT2D eigenvalue weighted by Crippen LogP contribution is -1.85. The molecule has 0 radical (unpaired) electrons. The van der Waals surface area contributed by atoms with Gasteiger partial charge in [0, 0.05) is 6.08 Å². The van der Waals surface area contributed by atoms with Gasteiger partial charge in [0.25, 0.3) is 0 Å². The lowest BCUT2D eigenvalue weighted by Gasteiger charge is -1.87. The summed E-state index contributed by atoms with van der Waals surface area (Å²) in [7, 11) is 0. The van der Waals surface area contributed by atoms with Crippen molar-refractivity contribution >= 4 is 12.0 Å². The van der Waals surface area contributed by atoms with Crippen LogP contribution < -0.4 is 0 Å². The zero-order valence-electron chi connectivity index (χ0n) is 11.4. The molecule has 0 aliphatic carbocycles. The summed E-state index contributed by atoms with van der Waals surface area (Å²) in [5.74, 6) is -1.41. The zero-order valence-corrected chi connectivity index (χ0v) is 5.43. The SMILES string of the molecule is [2H]C(=CC(=O)O)c1c([2H])c([2H])c([2H])c([2H])c1[2H]. The number of carboxylic acids is 1. The molecule has 0 unspecified atom stereocenters. The van der Waals surface area contributed by atoms with E-state index < -0.39 is 47.8 Å². The fraction of sp³-hybridized carbons (Fsp3) is 0. The van der Waals surface area contributed by atoms with Crippen molar-refractivity contribution in [2.45, 2.75) is 0 Å². The van der Waals surface area contributed by atoms with Gasteiger partial charge in [-0.3, -0.25) is 0 Å². The molecule has 1 N–H and O–H groups in total. The maximum absolute atomic E-state index is 10.4. The summed E-state index contributed by atoms with van der Waals surface area (Å²) in [4.78, 5) is 10.4. The van der Waals surface area contributed by atoms with Crippen LogP contribution in [0.5, 0.6) is 0 Å². The molecule has 0 heterocycles. The van der Waals surface area contributed by atoms with Crippen LogP contribution in [0, 0.1) is 0 Å². The second-order valence-corrected chi connectivity index (χ2v) is 1.63. The molecule has 0 bridgehead atoms. The Balaban J connectivity index is 3.61. The smallest absolute Gasteiger partial charge is 0.328 e. The molecule has 0 spiro atoms. The van der Waals surface area contributed by atoms with Crippen LogP contribution in [-0.4, -0.2) is 11.1 Å². The summed E-state index contributed by atoms with van der Waals surface area (Å²) in [6, 6.07) is -3.56. The van der Waals surface area contributed by atoms with Gasteiger partial charge in [-0.05, 0) is 11.6 Å². The highest BCUT2D eigenvalue weighted by molar-refractivity contribution is 5.85. The first kappa shape index (κ1) is 2.81. The van der Waals surface area contributed by atoms with Crippen LogP contribution in [0.1, 0.15) is 13.8 Å². The topological polar surface area (TPSA) is 37.3 Å². The van der Waals surface area contributed by atoms with Gasteiger partial charge in [0.2, 0.25) is 0 Å². The Bertz CT molecular complexity index is 494. The summed E-state index contributed by atoms with van der Waals surface area (Å²) >= 11 is 0. The molecule has 0 amide bonds. The third-order valence-corrected chi connectivity index (χ3v) is 0.840. The highest BCUT2D eigenvalue weighted by atomic mass is 16.4. The van der Waals surface area contributed by atoms with Crippen molar-refractivity contribution in [2.24, 2.45) is 0 Å². The zero-order chi connectivity index (χ0) is 13.3. The van der Waals surface area contributed by atoms with Crippen LogP contribution in [0.4, 0.5) is 0 Å².